The summed E-state index contributed by atoms with van der Waals surface area (Å²) >= 11 is 0. The van der Waals surface area contributed by atoms with Crippen molar-refractivity contribution < 1.29 is 18.8 Å². The maximum absolute atomic E-state index is 10.8. The van der Waals surface area contributed by atoms with E-state index in [2.05, 4.69) is 10.1 Å². The van der Waals surface area contributed by atoms with Gasteiger partial charge in [-0.3, -0.25) is 0 Å². The molecular formula is C14H12N2O4. The smallest absolute Gasteiger partial charge is 0.374 e. The highest BCUT2D eigenvalue weighted by atomic mass is 16.5. The third-order valence-electron chi connectivity index (χ3n) is 2.91. The molecule has 0 aliphatic heterocycles. The molecule has 0 unspecified atom stereocenters. The third-order valence-corrected chi connectivity index (χ3v) is 2.91. The van der Waals surface area contributed by atoms with Crippen LogP contribution in [0.25, 0.3) is 22.4 Å². The molecule has 0 aliphatic carbocycles. The van der Waals surface area contributed by atoms with Crippen LogP contribution in [0.3, 0.4) is 0 Å². The van der Waals surface area contributed by atoms with E-state index in [0.717, 1.165) is 5.56 Å². The lowest BCUT2D eigenvalue weighted by molar-refractivity contribution is 0.0652. The molecule has 3 rings (SSSR count). The highest BCUT2D eigenvalue weighted by molar-refractivity contribution is 5.86. The van der Waals surface area contributed by atoms with Crippen molar-refractivity contribution in [1.29, 1.82) is 0 Å². The van der Waals surface area contributed by atoms with E-state index in [-0.39, 0.29) is 11.7 Å². The standard InChI is InChI=1S/C14H12N2O4/c1-7(2)13-15-10-5-8(3-4-11(10)19-13)9-6-12(14(17)18)20-16-9/h3-7H,1-2H3,(H,17,18). The van der Waals surface area contributed by atoms with E-state index in [1.807, 2.05) is 13.8 Å². The van der Waals surface area contributed by atoms with Gasteiger partial charge in [0.05, 0.1) is 0 Å². The van der Waals surface area contributed by atoms with Crippen LogP contribution >= 0.6 is 0 Å². The Kier molecular flexibility index (Phi) is 2.78. The van der Waals surface area contributed by atoms with Gasteiger partial charge in [-0.25, -0.2) is 9.78 Å². The summed E-state index contributed by atoms with van der Waals surface area (Å²) in [5.41, 5.74) is 2.60. The van der Waals surface area contributed by atoms with Crippen molar-refractivity contribution in [3.8, 4) is 11.3 Å². The highest BCUT2D eigenvalue weighted by Crippen LogP contribution is 2.26. The molecule has 0 aliphatic rings. The largest absolute Gasteiger partial charge is 0.475 e. The number of carboxylic acids is 1. The van der Waals surface area contributed by atoms with Crippen LogP contribution in [0.4, 0.5) is 0 Å². The van der Waals surface area contributed by atoms with Crippen molar-refractivity contribution in [1.82, 2.24) is 10.1 Å². The quantitative estimate of drug-likeness (QED) is 0.786. The SMILES string of the molecule is CC(C)c1nc2cc(-c3cc(C(=O)O)on3)ccc2o1. The first-order chi connectivity index (χ1) is 9.54. The van der Waals surface area contributed by atoms with Gasteiger partial charge in [0, 0.05) is 17.5 Å². The number of oxazole rings is 1. The van der Waals surface area contributed by atoms with E-state index in [1.165, 1.54) is 6.07 Å². The molecule has 0 fully saturated rings. The van der Waals surface area contributed by atoms with Gasteiger partial charge in [0.25, 0.3) is 0 Å². The van der Waals surface area contributed by atoms with E-state index < -0.39 is 5.97 Å². The van der Waals surface area contributed by atoms with Crippen molar-refractivity contribution in [2.45, 2.75) is 19.8 Å². The number of aromatic nitrogens is 2. The molecular weight excluding hydrogens is 260 g/mol. The molecule has 6 nitrogen and oxygen atoms in total. The molecule has 102 valence electrons. The third kappa shape index (κ3) is 2.05. The number of fused-ring (bicyclic) bond motifs is 1. The average Bonchev–Trinajstić information content (AvgIpc) is 3.04. The lowest BCUT2D eigenvalue weighted by Crippen LogP contribution is -1.91. The summed E-state index contributed by atoms with van der Waals surface area (Å²) in [6, 6.07) is 6.76. The van der Waals surface area contributed by atoms with Gasteiger partial charge in [0.15, 0.2) is 11.5 Å². The van der Waals surface area contributed by atoms with Crippen LogP contribution in [0.2, 0.25) is 0 Å². The first-order valence-electron chi connectivity index (χ1n) is 6.15. The number of hydrogen-bond donors (Lipinski definition) is 1. The molecule has 0 saturated heterocycles. The fourth-order valence-corrected chi connectivity index (χ4v) is 1.86. The summed E-state index contributed by atoms with van der Waals surface area (Å²) in [7, 11) is 0. The Bertz CT molecular complexity index is 785. The fourth-order valence-electron chi connectivity index (χ4n) is 1.86. The molecule has 0 saturated carbocycles. The predicted molar refractivity (Wildman–Crippen MR) is 70.6 cm³/mol. The number of nitrogens with zero attached hydrogens (tertiary/aromatic N) is 2. The molecule has 1 aromatic carbocycles. The van der Waals surface area contributed by atoms with Crippen molar-refractivity contribution in [2.75, 3.05) is 0 Å². The normalized spacial score (nSPS) is 11.3. The zero-order chi connectivity index (χ0) is 14.3. The van der Waals surface area contributed by atoms with Crippen molar-refractivity contribution in [2.24, 2.45) is 0 Å². The Morgan fingerprint density at radius 3 is 2.75 bits per heavy atom. The van der Waals surface area contributed by atoms with Crippen LogP contribution in [0, 0.1) is 0 Å². The van der Waals surface area contributed by atoms with Gasteiger partial charge in [-0.1, -0.05) is 19.0 Å². The average molecular weight is 272 g/mol. The number of aromatic carboxylic acids is 1. The minimum Gasteiger partial charge on any atom is -0.475 e. The van der Waals surface area contributed by atoms with Crippen LogP contribution in [0.1, 0.15) is 36.2 Å². The lowest BCUT2D eigenvalue weighted by Gasteiger charge is -1.93. The summed E-state index contributed by atoms with van der Waals surface area (Å²) in [5.74, 6) is -0.462. The number of hydrogen-bond acceptors (Lipinski definition) is 5. The summed E-state index contributed by atoms with van der Waals surface area (Å²) in [6.07, 6.45) is 0. The summed E-state index contributed by atoms with van der Waals surface area (Å²) in [4.78, 5) is 15.2. The van der Waals surface area contributed by atoms with Crippen LogP contribution in [0.15, 0.2) is 33.2 Å². The van der Waals surface area contributed by atoms with Crippen LogP contribution in [-0.2, 0) is 0 Å². The zero-order valence-electron chi connectivity index (χ0n) is 11.0. The first kappa shape index (κ1) is 12.4. The zero-order valence-corrected chi connectivity index (χ0v) is 11.0. The molecule has 0 spiro atoms. The maximum atomic E-state index is 10.8. The predicted octanol–water partition coefficient (Wildman–Crippen LogP) is 3.30. The second kappa shape index (κ2) is 4.48. The molecule has 0 atom stereocenters. The Morgan fingerprint density at radius 1 is 1.30 bits per heavy atom. The number of carboxylic acid groups (broad SMARTS) is 1. The molecule has 2 heterocycles. The highest BCUT2D eigenvalue weighted by Gasteiger charge is 2.14. The van der Waals surface area contributed by atoms with Gasteiger partial charge < -0.3 is 14.0 Å². The molecule has 1 N–H and O–H groups in total. The minimum atomic E-state index is -1.15. The molecule has 0 radical (unpaired) electrons. The molecule has 20 heavy (non-hydrogen) atoms. The summed E-state index contributed by atoms with van der Waals surface area (Å²) in [5, 5.41) is 12.6. The number of rotatable bonds is 3. The lowest BCUT2D eigenvalue weighted by atomic mass is 10.1. The Labute approximate surface area is 114 Å². The van der Waals surface area contributed by atoms with Crippen molar-refractivity contribution in [3.63, 3.8) is 0 Å². The van der Waals surface area contributed by atoms with Crippen molar-refractivity contribution >= 4 is 17.1 Å². The molecule has 0 amide bonds. The van der Waals surface area contributed by atoms with Gasteiger partial charge in [0.1, 0.15) is 11.2 Å². The van der Waals surface area contributed by atoms with Crippen LogP contribution < -0.4 is 0 Å². The second-order valence-corrected chi connectivity index (χ2v) is 4.77. The fraction of sp³-hybridized carbons (Fsp3) is 0.214. The first-order valence-corrected chi connectivity index (χ1v) is 6.15. The van der Waals surface area contributed by atoms with Gasteiger partial charge >= 0.3 is 5.97 Å². The van der Waals surface area contributed by atoms with E-state index in [1.54, 1.807) is 18.2 Å². The monoisotopic (exact) mass is 272 g/mol. The maximum Gasteiger partial charge on any atom is 0.374 e. The number of carbonyl (C=O) groups is 1. The number of benzene rings is 1. The van der Waals surface area contributed by atoms with E-state index in [0.29, 0.717) is 22.7 Å². The van der Waals surface area contributed by atoms with E-state index in [9.17, 15) is 4.79 Å². The van der Waals surface area contributed by atoms with E-state index in [4.69, 9.17) is 14.0 Å². The Hall–Kier alpha value is -2.63. The van der Waals surface area contributed by atoms with Gasteiger partial charge in [-0.2, -0.15) is 0 Å². The van der Waals surface area contributed by atoms with Gasteiger partial charge in [0.2, 0.25) is 5.76 Å². The Morgan fingerprint density at radius 2 is 2.10 bits per heavy atom. The molecule has 6 heteroatoms. The summed E-state index contributed by atoms with van der Waals surface area (Å²) < 4.78 is 10.4. The summed E-state index contributed by atoms with van der Waals surface area (Å²) in [6.45, 7) is 4.00. The van der Waals surface area contributed by atoms with E-state index >= 15 is 0 Å². The minimum absolute atomic E-state index is 0.192. The van der Waals surface area contributed by atoms with Gasteiger partial charge in [-0.15, -0.1) is 0 Å². The molecule has 2 aromatic heterocycles. The van der Waals surface area contributed by atoms with Crippen molar-refractivity contribution in [3.05, 3.63) is 35.9 Å². The van der Waals surface area contributed by atoms with Gasteiger partial charge in [-0.05, 0) is 18.2 Å². The topological polar surface area (TPSA) is 89.4 Å². The second-order valence-electron chi connectivity index (χ2n) is 4.77. The Balaban J connectivity index is 2.05. The van der Waals surface area contributed by atoms with Crippen LogP contribution in [-0.4, -0.2) is 21.2 Å². The molecule has 0 bridgehead atoms. The molecule has 3 aromatic rings. The van der Waals surface area contributed by atoms with Crippen LogP contribution in [0.5, 0.6) is 0 Å².